The van der Waals surface area contributed by atoms with Crippen LogP contribution in [0, 0.1) is 0 Å². The minimum absolute atomic E-state index is 0.531. The molecular weight excluding hydrogens is 264 g/mol. The minimum atomic E-state index is 0.531. The van der Waals surface area contributed by atoms with E-state index >= 15 is 0 Å². The zero-order chi connectivity index (χ0) is 14.4. The van der Waals surface area contributed by atoms with Crippen molar-refractivity contribution in [2.45, 2.75) is 39.4 Å². The molecule has 0 saturated carbocycles. The van der Waals surface area contributed by atoms with Crippen LogP contribution < -0.4 is 5.73 Å². The molecule has 2 nitrogen and oxygen atoms in total. The Bertz CT molecular complexity index is 505. The Balaban J connectivity index is 2.11. The molecule has 0 spiro atoms. The van der Waals surface area contributed by atoms with Crippen molar-refractivity contribution in [3.05, 3.63) is 57.8 Å². The highest BCUT2D eigenvalue weighted by molar-refractivity contribution is 7.09. The van der Waals surface area contributed by atoms with Crippen LogP contribution in [0.25, 0.3) is 0 Å². The molecule has 0 unspecified atom stereocenters. The van der Waals surface area contributed by atoms with Crippen molar-refractivity contribution in [3.8, 4) is 0 Å². The Morgan fingerprint density at radius 1 is 1.05 bits per heavy atom. The number of hydrogen-bond donors (Lipinski definition) is 1. The van der Waals surface area contributed by atoms with Crippen molar-refractivity contribution in [3.63, 3.8) is 0 Å². The number of thiophene rings is 1. The molecule has 0 amide bonds. The van der Waals surface area contributed by atoms with E-state index in [-0.39, 0.29) is 0 Å². The second-order valence-corrected chi connectivity index (χ2v) is 6.42. The summed E-state index contributed by atoms with van der Waals surface area (Å²) in [7, 11) is 0. The first kappa shape index (κ1) is 15.2. The van der Waals surface area contributed by atoms with E-state index in [0.717, 1.165) is 19.5 Å². The van der Waals surface area contributed by atoms with Crippen molar-refractivity contribution >= 4 is 11.3 Å². The summed E-state index contributed by atoms with van der Waals surface area (Å²) < 4.78 is 0. The Hall–Kier alpha value is -1.16. The number of nitrogens with zero attached hydrogens (tertiary/aromatic N) is 1. The first-order valence-corrected chi connectivity index (χ1v) is 8.12. The lowest BCUT2D eigenvalue weighted by molar-refractivity contribution is 0.205. The largest absolute Gasteiger partial charge is 0.330 e. The summed E-state index contributed by atoms with van der Waals surface area (Å²) in [6, 6.07) is 13.5. The van der Waals surface area contributed by atoms with Crippen molar-refractivity contribution in [2.75, 3.05) is 6.54 Å². The molecule has 0 aliphatic rings. The third kappa shape index (κ3) is 4.17. The third-order valence-corrected chi connectivity index (χ3v) is 4.44. The lowest BCUT2D eigenvalue weighted by Crippen LogP contribution is -2.30. The Kier molecular flexibility index (Phi) is 5.77. The van der Waals surface area contributed by atoms with Crippen molar-refractivity contribution in [2.24, 2.45) is 5.73 Å². The molecule has 1 heterocycles. The van der Waals surface area contributed by atoms with Crippen LogP contribution >= 0.6 is 11.3 Å². The van der Waals surface area contributed by atoms with E-state index in [1.807, 2.05) is 11.3 Å². The summed E-state index contributed by atoms with van der Waals surface area (Å²) in [6.45, 7) is 7.25. The van der Waals surface area contributed by atoms with Gasteiger partial charge in [-0.3, -0.25) is 4.90 Å². The van der Waals surface area contributed by atoms with Gasteiger partial charge in [0.05, 0.1) is 0 Å². The van der Waals surface area contributed by atoms with Crippen LogP contribution in [0.1, 0.15) is 29.9 Å². The lowest BCUT2D eigenvalue weighted by Gasteiger charge is -2.27. The first-order chi connectivity index (χ1) is 9.70. The maximum Gasteiger partial charge on any atom is 0.0334 e. The van der Waals surface area contributed by atoms with E-state index in [0.29, 0.717) is 12.6 Å². The SMILES string of the molecule is CC(C)N(Cc1cccs1)Cc1ccccc1CCN. The second kappa shape index (κ2) is 7.58. The highest BCUT2D eigenvalue weighted by atomic mass is 32.1. The molecule has 0 radical (unpaired) electrons. The van der Waals surface area contributed by atoms with Gasteiger partial charge >= 0.3 is 0 Å². The van der Waals surface area contributed by atoms with Crippen LogP contribution in [0.2, 0.25) is 0 Å². The number of hydrogen-bond acceptors (Lipinski definition) is 3. The summed E-state index contributed by atoms with van der Waals surface area (Å²) in [5.41, 5.74) is 8.50. The zero-order valence-electron chi connectivity index (χ0n) is 12.4. The predicted molar refractivity (Wildman–Crippen MR) is 87.9 cm³/mol. The van der Waals surface area contributed by atoms with Gasteiger partial charge in [0.25, 0.3) is 0 Å². The minimum Gasteiger partial charge on any atom is -0.330 e. The smallest absolute Gasteiger partial charge is 0.0334 e. The van der Waals surface area contributed by atoms with Crippen molar-refractivity contribution < 1.29 is 0 Å². The normalized spacial score (nSPS) is 11.4. The number of benzene rings is 1. The summed E-state index contributed by atoms with van der Waals surface area (Å²) in [5.74, 6) is 0. The molecule has 0 aliphatic carbocycles. The zero-order valence-corrected chi connectivity index (χ0v) is 13.2. The van der Waals surface area contributed by atoms with E-state index in [1.54, 1.807) is 0 Å². The Labute approximate surface area is 126 Å². The molecule has 0 fully saturated rings. The molecule has 0 atom stereocenters. The van der Waals surface area contributed by atoms with E-state index < -0.39 is 0 Å². The summed E-state index contributed by atoms with van der Waals surface area (Å²) in [5, 5.41) is 2.15. The molecule has 1 aromatic carbocycles. The van der Waals surface area contributed by atoms with Crippen LogP contribution in [0.5, 0.6) is 0 Å². The maximum absolute atomic E-state index is 5.72. The molecule has 3 heteroatoms. The molecule has 1 aromatic heterocycles. The van der Waals surface area contributed by atoms with Gasteiger partial charge in [0.15, 0.2) is 0 Å². The Morgan fingerprint density at radius 2 is 1.80 bits per heavy atom. The maximum atomic E-state index is 5.72. The van der Waals surface area contributed by atoms with Gasteiger partial charge in [0, 0.05) is 24.0 Å². The van der Waals surface area contributed by atoms with Gasteiger partial charge < -0.3 is 5.73 Å². The van der Waals surface area contributed by atoms with Gasteiger partial charge in [-0.15, -0.1) is 11.3 Å². The molecular formula is C17H24N2S. The molecule has 0 aliphatic heterocycles. The molecule has 2 rings (SSSR count). The fourth-order valence-electron chi connectivity index (χ4n) is 2.35. The summed E-state index contributed by atoms with van der Waals surface area (Å²) >= 11 is 1.83. The third-order valence-electron chi connectivity index (χ3n) is 3.57. The topological polar surface area (TPSA) is 29.3 Å². The van der Waals surface area contributed by atoms with Crippen molar-refractivity contribution in [1.82, 2.24) is 4.90 Å². The standard InChI is InChI=1S/C17H24N2S/c1-14(2)19(13-17-8-5-11-20-17)12-16-7-4-3-6-15(16)9-10-18/h3-8,11,14H,9-10,12-13,18H2,1-2H3. The molecule has 20 heavy (non-hydrogen) atoms. The summed E-state index contributed by atoms with van der Waals surface area (Å²) in [6.07, 6.45) is 0.959. The summed E-state index contributed by atoms with van der Waals surface area (Å²) in [4.78, 5) is 3.94. The highest BCUT2D eigenvalue weighted by Gasteiger charge is 2.13. The highest BCUT2D eigenvalue weighted by Crippen LogP contribution is 2.18. The van der Waals surface area contributed by atoms with Crippen LogP contribution in [-0.2, 0) is 19.5 Å². The quantitative estimate of drug-likeness (QED) is 0.842. The molecule has 0 bridgehead atoms. The average Bonchev–Trinajstić information content (AvgIpc) is 2.93. The van der Waals surface area contributed by atoms with Crippen molar-refractivity contribution in [1.29, 1.82) is 0 Å². The number of nitrogens with two attached hydrogens (primary N) is 1. The van der Waals surface area contributed by atoms with E-state index in [4.69, 9.17) is 5.73 Å². The van der Waals surface area contributed by atoms with E-state index in [9.17, 15) is 0 Å². The molecule has 2 N–H and O–H groups in total. The fourth-order valence-corrected chi connectivity index (χ4v) is 3.08. The predicted octanol–water partition coefficient (Wildman–Crippen LogP) is 3.66. The van der Waals surface area contributed by atoms with E-state index in [2.05, 4.69) is 60.5 Å². The molecule has 108 valence electrons. The van der Waals surface area contributed by atoms with Crippen LogP contribution in [0.4, 0.5) is 0 Å². The molecule has 0 saturated heterocycles. The van der Waals surface area contributed by atoms with E-state index in [1.165, 1.54) is 16.0 Å². The van der Waals surface area contributed by atoms with Gasteiger partial charge in [0.2, 0.25) is 0 Å². The first-order valence-electron chi connectivity index (χ1n) is 7.24. The number of rotatable bonds is 7. The van der Waals surface area contributed by atoms with Crippen LogP contribution in [0.15, 0.2) is 41.8 Å². The average molecular weight is 288 g/mol. The monoisotopic (exact) mass is 288 g/mol. The van der Waals surface area contributed by atoms with Crippen LogP contribution in [0.3, 0.4) is 0 Å². The van der Waals surface area contributed by atoms with Gasteiger partial charge in [-0.05, 0) is 49.4 Å². The fraction of sp³-hybridized carbons (Fsp3) is 0.412. The van der Waals surface area contributed by atoms with Crippen LogP contribution in [-0.4, -0.2) is 17.5 Å². The van der Waals surface area contributed by atoms with Gasteiger partial charge in [0.1, 0.15) is 0 Å². The molecule has 2 aromatic rings. The second-order valence-electron chi connectivity index (χ2n) is 5.39. The Morgan fingerprint density at radius 3 is 2.40 bits per heavy atom. The van der Waals surface area contributed by atoms with Gasteiger partial charge in [-0.25, -0.2) is 0 Å². The van der Waals surface area contributed by atoms with Gasteiger partial charge in [-0.1, -0.05) is 30.3 Å². The van der Waals surface area contributed by atoms with Gasteiger partial charge in [-0.2, -0.15) is 0 Å². The lowest BCUT2D eigenvalue weighted by atomic mass is 10.0.